The summed E-state index contributed by atoms with van der Waals surface area (Å²) in [6.07, 6.45) is 1.13. The fourth-order valence-corrected chi connectivity index (χ4v) is 2.90. The number of amides is 1. The average molecular weight is 349 g/mol. The largest absolute Gasteiger partial charge is 0.484 e. The maximum absolute atomic E-state index is 11.9. The van der Waals surface area contributed by atoms with E-state index in [9.17, 15) is 4.79 Å². The maximum atomic E-state index is 11.9. The number of hydrogen-bond acceptors (Lipinski definition) is 6. The zero-order chi connectivity index (χ0) is 17.4. The minimum absolute atomic E-state index is 0.0127. The van der Waals surface area contributed by atoms with Crippen LogP contribution in [0.5, 0.6) is 5.75 Å². The van der Waals surface area contributed by atoms with Gasteiger partial charge >= 0.3 is 0 Å². The minimum Gasteiger partial charge on any atom is -0.484 e. The summed E-state index contributed by atoms with van der Waals surface area (Å²) in [5, 5.41) is 10.5. The molecule has 0 bridgehead atoms. The lowest BCUT2D eigenvalue weighted by Crippen LogP contribution is -2.14. The summed E-state index contributed by atoms with van der Waals surface area (Å²) in [7, 11) is 0. The van der Waals surface area contributed by atoms with Crippen LogP contribution in [0.2, 0.25) is 0 Å². The van der Waals surface area contributed by atoms with Crippen molar-refractivity contribution in [1.82, 2.24) is 10.2 Å². The minimum atomic E-state index is 0.0127. The number of benzene rings is 1. The van der Waals surface area contributed by atoms with Gasteiger partial charge in [-0.3, -0.25) is 4.79 Å². The van der Waals surface area contributed by atoms with Crippen molar-refractivity contribution in [3.05, 3.63) is 36.0 Å². The van der Waals surface area contributed by atoms with Crippen LogP contribution in [0, 0.1) is 12.8 Å². The molecule has 0 fully saturated rings. The number of carbonyl (C=O) groups is 1. The van der Waals surface area contributed by atoms with Crippen molar-refractivity contribution in [2.45, 2.75) is 33.8 Å². The highest BCUT2D eigenvalue weighted by Crippen LogP contribution is 2.17. The summed E-state index contributed by atoms with van der Waals surface area (Å²) >= 11 is 1.66. The molecule has 1 aromatic carbocycles. The van der Waals surface area contributed by atoms with Gasteiger partial charge in [0.1, 0.15) is 5.75 Å². The Morgan fingerprint density at radius 3 is 2.67 bits per heavy atom. The second-order valence-electron chi connectivity index (χ2n) is 5.81. The highest BCUT2D eigenvalue weighted by Gasteiger charge is 2.05. The summed E-state index contributed by atoms with van der Waals surface area (Å²) in [5.74, 6) is 3.79. The Hall–Kier alpha value is -2.02. The molecule has 0 saturated carbocycles. The number of aromatic nitrogens is 2. The molecular weight excluding hydrogens is 326 g/mol. The van der Waals surface area contributed by atoms with E-state index in [2.05, 4.69) is 29.4 Å². The third-order valence-electron chi connectivity index (χ3n) is 3.14. The van der Waals surface area contributed by atoms with Crippen LogP contribution in [0.1, 0.15) is 32.0 Å². The molecule has 1 aromatic heterocycles. The first kappa shape index (κ1) is 18.3. The number of anilines is 1. The van der Waals surface area contributed by atoms with E-state index in [1.807, 2.05) is 12.1 Å². The van der Waals surface area contributed by atoms with Crippen molar-refractivity contribution >= 4 is 23.4 Å². The van der Waals surface area contributed by atoms with Gasteiger partial charge in [0.25, 0.3) is 5.89 Å². The lowest BCUT2D eigenvalue weighted by molar-refractivity contribution is -0.113. The first-order valence-electron chi connectivity index (χ1n) is 7.92. The van der Waals surface area contributed by atoms with Gasteiger partial charge in [0, 0.05) is 12.6 Å². The van der Waals surface area contributed by atoms with Crippen LogP contribution in [0.3, 0.4) is 0 Å². The van der Waals surface area contributed by atoms with E-state index in [4.69, 9.17) is 9.15 Å². The molecule has 0 aliphatic heterocycles. The molecule has 24 heavy (non-hydrogen) atoms. The van der Waals surface area contributed by atoms with E-state index in [1.54, 1.807) is 30.8 Å². The number of hydrogen-bond donors (Lipinski definition) is 1. The van der Waals surface area contributed by atoms with Gasteiger partial charge in [-0.1, -0.05) is 13.8 Å². The van der Waals surface area contributed by atoms with Gasteiger partial charge < -0.3 is 14.5 Å². The molecule has 7 heteroatoms. The molecule has 0 atom stereocenters. The Morgan fingerprint density at radius 2 is 2.04 bits per heavy atom. The molecule has 0 radical (unpaired) electrons. The molecule has 1 heterocycles. The van der Waals surface area contributed by atoms with E-state index in [-0.39, 0.29) is 12.5 Å². The van der Waals surface area contributed by atoms with Crippen LogP contribution < -0.4 is 10.1 Å². The summed E-state index contributed by atoms with van der Waals surface area (Å²) in [6, 6.07) is 7.21. The van der Waals surface area contributed by atoms with E-state index >= 15 is 0 Å². The predicted molar refractivity (Wildman–Crippen MR) is 95.2 cm³/mol. The predicted octanol–water partition coefficient (Wildman–Crippen LogP) is 3.67. The van der Waals surface area contributed by atoms with Crippen molar-refractivity contribution in [2.75, 3.05) is 16.8 Å². The number of rotatable bonds is 9. The van der Waals surface area contributed by atoms with Gasteiger partial charge in [-0.2, -0.15) is 11.8 Å². The number of aryl methyl sites for hydroxylation is 1. The SMILES string of the molecule is Cc1nnc(COc2ccc(NC(=O)CSCCC(C)C)cc2)o1. The van der Waals surface area contributed by atoms with Crippen molar-refractivity contribution in [3.8, 4) is 5.75 Å². The molecule has 2 rings (SSSR count). The number of ether oxygens (including phenoxy) is 1. The van der Waals surface area contributed by atoms with Gasteiger partial charge in [0.15, 0.2) is 6.61 Å². The number of nitrogens with zero attached hydrogens (tertiary/aromatic N) is 2. The number of thioether (sulfide) groups is 1. The van der Waals surface area contributed by atoms with Crippen LogP contribution >= 0.6 is 11.8 Å². The van der Waals surface area contributed by atoms with Gasteiger partial charge in [0.05, 0.1) is 5.75 Å². The summed E-state index contributed by atoms with van der Waals surface area (Å²) in [4.78, 5) is 11.9. The average Bonchev–Trinajstić information content (AvgIpc) is 2.96. The Kier molecular flexibility index (Phi) is 7.11. The maximum Gasteiger partial charge on any atom is 0.253 e. The molecule has 0 spiro atoms. The molecule has 0 unspecified atom stereocenters. The van der Waals surface area contributed by atoms with Crippen LogP contribution in [0.25, 0.3) is 0 Å². The van der Waals surface area contributed by atoms with E-state index in [1.165, 1.54) is 0 Å². The summed E-state index contributed by atoms with van der Waals surface area (Å²) < 4.78 is 10.8. The van der Waals surface area contributed by atoms with Crippen LogP contribution in [-0.4, -0.2) is 27.6 Å². The Bertz CT molecular complexity index is 641. The molecule has 0 aliphatic rings. The van der Waals surface area contributed by atoms with E-state index in [0.29, 0.717) is 29.2 Å². The number of carbonyl (C=O) groups excluding carboxylic acids is 1. The molecule has 1 amide bonds. The smallest absolute Gasteiger partial charge is 0.253 e. The highest BCUT2D eigenvalue weighted by molar-refractivity contribution is 7.99. The molecule has 130 valence electrons. The fraction of sp³-hybridized carbons (Fsp3) is 0.471. The van der Waals surface area contributed by atoms with E-state index < -0.39 is 0 Å². The second kappa shape index (κ2) is 9.32. The van der Waals surface area contributed by atoms with Crippen LogP contribution in [-0.2, 0) is 11.4 Å². The first-order valence-corrected chi connectivity index (χ1v) is 9.08. The topological polar surface area (TPSA) is 77.3 Å². The van der Waals surface area contributed by atoms with Gasteiger partial charge in [-0.25, -0.2) is 0 Å². The molecule has 2 aromatic rings. The van der Waals surface area contributed by atoms with Crippen LogP contribution in [0.4, 0.5) is 5.69 Å². The lowest BCUT2D eigenvalue weighted by atomic mass is 10.2. The van der Waals surface area contributed by atoms with Gasteiger partial charge in [0.2, 0.25) is 11.8 Å². The molecule has 1 N–H and O–H groups in total. The van der Waals surface area contributed by atoms with Crippen molar-refractivity contribution < 1.29 is 13.9 Å². The van der Waals surface area contributed by atoms with Crippen molar-refractivity contribution in [3.63, 3.8) is 0 Å². The fourth-order valence-electron chi connectivity index (χ4n) is 1.86. The first-order chi connectivity index (χ1) is 11.5. The Labute approximate surface area is 146 Å². The number of nitrogens with one attached hydrogen (secondary N) is 1. The lowest BCUT2D eigenvalue weighted by Gasteiger charge is -2.08. The standard InChI is InChI=1S/C17H23N3O3S/c1-12(2)8-9-24-11-16(21)18-14-4-6-15(7-5-14)22-10-17-20-19-13(3)23-17/h4-7,12H,8-11H2,1-3H3,(H,18,21). The third kappa shape index (κ3) is 6.62. The van der Waals surface area contributed by atoms with Crippen molar-refractivity contribution in [2.24, 2.45) is 5.92 Å². The summed E-state index contributed by atoms with van der Waals surface area (Å²) in [6.45, 7) is 6.32. The zero-order valence-corrected chi connectivity index (χ0v) is 15.1. The highest BCUT2D eigenvalue weighted by atomic mass is 32.2. The second-order valence-corrected chi connectivity index (χ2v) is 6.92. The van der Waals surface area contributed by atoms with Crippen LogP contribution in [0.15, 0.2) is 28.7 Å². The monoisotopic (exact) mass is 349 g/mol. The van der Waals surface area contributed by atoms with E-state index in [0.717, 1.165) is 17.9 Å². The molecular formula is C17H23N3O3S. The quantitative estimate of drug-likeness (QED) is 0.696. The normalized spacial score (nSPS) is 10.8. The Morgan fingerprint density at radius 1 is 1.29 bits per heavy atom. The summed E-state index contributed by atoms with van der Waals surface area (Å²) in [5.41, 5.74) is 0.755. The van der Waals surface area contributed by atoms with Gasteiger partial charge in [-0.15, -0.1) is 10.2 Å². The molecule has 0 aliphatic carbocycles. The molecule has 6 nitrogen and oxygen atoms in total. The molecule has 0 saturated heterocycles. The third-order valence-corrected chi connectivity index (χ3v) is 4.13. The van der Waals surface area contributed by atoms with Crippen molar-refractivity contribution in [1.29, 1.82) is 0 Å². The van der Waals surface area contributed by atoms with Gasteiger partial charge in [-0.05, 0) is 42.4 Å². The Balaban J connectivity index is 1.72. The zero-order valence-electron chi connectivity index (χ0n) is 14.2.